The molecule has 0 aromatic carbocycles. The van der Waals surface area contributed by atoms with Gasteiger partial charge in [0.1, 0.15) is 0 Å². The van der Waals surface area contributed by atoms with Crippen LogP contribution in [0.5, 0.6) is 5.88 Å². The van der Waals surface area contributed by atoms with E-state index in [2.05, 4.69) is 25.3 Å². The van der Waals surface area contributed by atoms with Crippen molar-refractivity contribution in [3.63, 3.8) is 0 Å². The number of rotatable bonds is 9. The highest BCUT2D eigenvalue weighted by molar-refractivity contribution is 5.95. The molecular weight excluding hydrogens is 395 g/mol. The first-order valence-corrected chi connectivity index (χ1v) is 8.66. The minimum absolute atomic E-state index is 0.125. The second-order valence-electron chi connectivity index (χ2n) is 5.89. The molecule has 2 rings (SSSR count). The molecule has 2 aromatic heterocycles. The Morgan fingerprint density at radius 1 is 1.14 bits per heavy atom. The normalized spacial score (nSPS) is 11.2. The molecule has 12 heteroatoms. The van der Waals surface area contributed by atoms with Crippen LogP contribution in [-0.2, 0) is 15.7 Å². The van der Waals surface area contributed by atoms with Crippen molar-refractivity contribution < 1.29 is 32.2 Å². The Labute approximate surface area is 164 Å². The lowest BCUT2D eigenvalue weighted by Crippen LogP contribution is -2.27. The average Bonchev–Trinajstić information content (AvgIpc) is 3.16. The molecule has 0 unspecified atom stereocenters. The molecule has 1 N–H and O–H groups in total. The van der Waals surface area contributed by atoms with Gasteiger partial charge in [-0.3, -0.25) is 9.59 Å². The average molecular weight is 415 g/mol. The van der Waals surface area contributed by atoms with Gasteiger partial charge in [-0.05, 0) is 18.9 Å². The maximum Gasteiger partial charge on any atom is 0.434 e. The van der Waals surface area contributed by atoms with Gasteiger partial charge in [-0.25, -0.2) is 4.68 Å². The zero-order valence-corrected chi connectivity index (χ0v) is 15.8. The highest BCUT2D eigenvalue weighted by Gasteiger charge is 2.40. The molecule has 158 valence electrons. The van der Waals surface area contributed by atoms with Gasteiger partial charge in [-0.15, -0.1) is 10.2 Å². The van der Waals surface area contributed by atoms with E-state index in [0.717, 1.165) is 6.20 Å². The number of unbranched alkanes of at least 4 members (excludes halogenated alkanes) is 2. The number of hydrogen-bond acceptors (Lipinski definition) is 7. The van der Waals surface area contributed by atoms with Crippen molar-refractivity contribution in [2.75, 3.05) is 20.8 Å². The largest absolute Gasteiger partial charge is 0.480 e. The van der Waals surface area contributed by atoms with E-state index in [1.54, 1.807) is 0 Å². The van der Waals surface area contributed by atoms with E-state index in [0.29, 0.717) is 23.9 Å². The maximum absolute atomic E-state index is 13.6. The predicted molar refractivity (Wildman–Crippen MR) is 93.5 cm³/mol. The summed E-state index contributed by atoms with van der Waals surface area (Å²) in [5.41, 5.74) is -1.87. The number of esters is 1. The van der Waals surface area contributed by atoms with E-state index < -0.39 is 23.3 Å². The molecule has 9 nitrogen and oxygen atoms in total. The summed E-state index contributed by atoms with van der Waals surface area (Å²) in [5.74, 6) is -1.32. The Balaban J connectivity index is 2.07. The lowest BCUT2D eigenvalue weighted by atomic mass is 10.2. The van der Waals surface area contributed by atoms with Gasteiger partial charge in [-0.2, -0.15) is 18.3 Å². The predicted octanol–water partition coefficient (Wildman–Crippen LogP) is 2.15. The number of halogens is 3. The second kappa shape index (κ2) is 9.85. The summed E-state index contributed by atoms with van der Waals surface area (Å²) in [5, 5.41) is 13.3. The van der Waals surface area contributed by atoms with Crippen molar-refractivity contribution in [2.24, 2.45) is 0 Å². The number of amides is 1. The lowest BCUT2D eigenvalue weighted by Gasteiger charge is -2.12. The number of nitrogens with one attached hydrogen (secondary N) is 1. The second-order valence-corrected chi connectivity index (χ2v) is 5.89. The standard InChI is InChI=1S/C17H20F3N5O4/c1-28-13-8-7-12(23-24-13)25-15(17(18,19)20)11(10-22-25)16(27)21-9-5-3-4-6-14(26)29-2/h7-8,10H,3-6,9H2,1-2H3,(H,21,27). The quantitative estimate of drug-likeness (QED) is 0.494. The fraction of sp³-hybridized carbons (Fsp3) is 0.471. The van der Waals surface area contributed by atoms with Crippen LogP contribution in [0.1, 0.15) is 41.7 Å². The molecular formula is C17H20F3N5O4. The molecule has 1 amide bonds. The molecule has 2 heterocycles. The summed E-state index contributed by atoms with van der Waals surface area (Å²) in [4.78, 5) is 23.2. The van der Waals surface area contributed by atoms with Gasteiger partial charge < -0.3 is 14.8 Å². The molecule has 0 saturated carbocycles. The Bertz CT molecular complexity index is 837. The van der Waals surface area contributed by atoms with Gasteiger partial charge in [0.25, 0.3) is 5.91 Å². The summed E-state index contributed by atoms with van der Waals surface area (Å²) in [6, 6.07) is 2.58. The van der Waals surface area contributed by atoms with Crippen LogP contribution < -0.4 is 10.1 Å². The topological polar surface area (TPSA) is 108 Å². The maximum atomic E-state index is 13.6. The fourth-order valence-corrected chi connectivity index (χ4v) is 2.47. The van der Waals surface area contributed by atoms with Gasteiger partial charge in [0.05, 0.1) is 26.0 Å². The smallest absolute Gasteiger partial charge is 0.434 e. The first-order valence-electron chi connectivity index (χ1n) is 8.66. The van der Waals surface area contributed by atoms with Crippen LogP contribution in [0.3, 0.4) is 0 Å². The van der Waals surface area contributed by atoms with Crippen LogP contribution in [0.4, 0.5) is 13.2 Å². The SMILES string of the molecule is COC(=O)CCCCCNC(=O)c1cnn(-c2ccc(OC)nn2)c1C(F)(F)F. The zero-order chi connectivity index (χ0) is 21.4. The number of carbonyl (C=O) groups is 2. The number of alkyl halides is 3. The van der Waals surface area contributed by atoms with Gasteiger partial charge in [0.15, 0.2) is 11.5 Å². The van der Waals surface area contributed by atoms with Crippen LogP contribution in [0, 0.1) is 0 Å². The number of carbonyl (C=O) groups excluding carboxylic acids is 2. The van der Waals surface area contributed by atoms with Crippen molar-refractivity contribution in [2.45, 2.75) is 31.9 Å². The molecule has 0 saturated heterocycles. The number of aromatic nitrogens is 4. The van der Waals surface area contributed by atoms with Crippen LogP contribution in [0.2, 0.25) is 0 Å². The van der Waals surface area contributed by atoms with Crippen molar-refractivity contribution in [1.29, 1.82) is 0 Å². The minimum Gasteiger partial charge on any atom is -0.480 e. The van der Waals surface area contributed by atoms with Crippen LogP contribution >= 0.6 is 0 Å². The number of nitrogens with zero attached hydrogens (tertiary/aromatic N) is 4. The molecule has 0 fully saturated rings. The zero-order valence-electron chi connectivity index (χ0n) is 15.8. The van der Waals surface area contributed by atoms with Gasteiger partial charge in [-0.1, -0.05) is 6.42 Å². The van der Waals surface area contributed by atoms with Gasteiger partial charge >= 0.3 is 12.1 Å². The first-order chi connectivity index (χ1) is 13.8. The molecule has 0 atom stereocenters. The molecule has 0 aliphatic rings. The Morgan fingerprint density at radius 3 is 2.48 bits per heavy atom. The van der Waals surface area contributed by atoms with E-state index in [1.165, 1.54) is 26.4 Å². The van der Waals surface area contributed by atoms with E-state index in [-0.39, 0.29) is 30.6 Å². The Hall–Kier alpha value is -3.18. The fourth-order valence-electron chi connectivity index (χ4n) is 2.47. The molecule has 29 heavy (non-hydrogen) atoms. The van der Waals surface area contributed by atoms with E-state index in [1.807, 2.05) is 0 Å². The van der Waals surface area contributed by atoms with E-state index >= 15 is 0 Å². The minimum atomic E-state index is -4.84. The van der Waals surface area contributed by atoms with E-state index in [4.69, 9.17) is 4.74 Å². The summed E-state index contributed by atoms with van der Waals surface area (Å²) in [6.45, 7) is 0.158. The number of hydrogen-bond donors (Lipinski definition) is 1. The van der Waals surface area contributed by atoms with Gasteiger partial charge in [0, 0.05) is 19.0 Å². The summed E-state index contributed by atoms with van der Waals surface area (Å²) in [6.07, 6.45) is -2.08. The summed E-state index contributed by atoms with van der Waals surface area (Å²) >= 11 is 0. The van der Waals surface area contributed by atoms with Crippen LogP contribution in [0.25, 0.3) is 5.82 Å². The third-order valence-electron chi connectivity index (χ3n) is 3.91. The van der Waals surface area contributed by atoms with Crippen molar-refractivity contribution in [1.82, 2.24) is 25.3 Å². The van der Waals surface area contributed by atoms with Crippen molar-refractivity contribution in [3.05, 3.63) is 29.6 Å². The number of ether oxygens (including phenoxy) is 2. The van der Waals surface area contributed by atoms with E-state index in [9.17, 15) is 22.8 Å². The van der Waals surface area contributed by atoms with Gasteiger partial charge in [0.2, 0.25) is 5.88 Å². The molecule has 0 spiro atoms. The lowest BCUT2D eigenvalue weighted by molar-refractivity contribution is -0.143. The molecule has 0 bridgehead atoms. The van der Waals surface area contributed by atoms with Crippen molar-refractivity contribution >= 4 is 11.9 Å². The van der Waals surface area contributed by atoms with Crippen molar-refractivity contribution in [3.8, 4) is 11.7 Å². The highest BCUT2D eigenvalue weighted by Crippen LogP contribution is 2.33. The Kier molecular flexibility index (Phi) is 7.51. The summed E-state index contributed by atoms with van der Waals surface area (Å²) < 4.78 is 50.6. The monoisotopic (exact) mass is 415 g/mol. The molecule has 0 aliphatic carbocycles. The first kappa shape index (κ1) is 22.1. The molecule has 0 aliphatic heterocycles. The third-order valence-corrected chi connectivity index (χ3v) is 3.91. The number of methoxy groups -OCH3 is 2. The molecule has 0 radical (unpaired) electrons. The Morgan fingerprint density at radius 2 is 1.90 bits per heavy atom. The third kappa shape index (κ3) is 5.90. The highest BCUT2D eigenvalue weighted by atomic mass is 19.4. The summed E-state index contributed by atoms with van der Waals surface area (Å²) in [7, 11) is 2.63. The molecule has 2 aromatic rings. The van der Waals surface area contributed by atoms with Crippen LogP contribution in [-0.4, -0.2) is 52.6 Å². The van der Waals surface area contributed by atoms with Crippen LogP contribution in [0.15, 0.2) is 18.3 Å².